The minimum Gasteiger partial charge on any atom is -0.394 e. The van der Waals surface area contributed by atoms with Crippen LogP contribution in [0.1, 0.15) is 18.2 Å². The Morgan fingerprint density at radius 1 is 1.52 bits per heavy atom. The number of nitrogens with two attached hydrogens (primary N) is 1. The van der Waals surface area contributed by atoms with Crippen LogP contribution in [0.25, 0.3) is 0 Å². The van der Waals surface area contributed by atoms with Crippen molar-refractivity contribution in [1.29, 1.82) is 0 Å². The highest BCUT2D eigenvalue weighted by atomic mass is 16.5. The molecule has 2 heterocycles. The van der Waals surface area contributed by atoms with Crippen LogP contribution < -0.4 is 17.0 Å². The summed E-state index contributed by atoms with van der Waals surface area (Å²) in [5.41, 5.74) is 4.37. The largest absolute Gasteiger partial charge is 0.394 e. The first-order valence-corrected chi connectivity index (χ1v) is 6.63. The minimum absolute atomic E-state index is 0.0194. The van der Waals surface area contributed by atoms with Gasteiger partial charge in [-0.15, -0.1) is 0 Å². The second kappa shape index (κ2) is 6.96. The molecule has 0 radical (unpaired) electrons. The number of aliphatic hydroxyl groups is 2. The molecular weight excluding hydrogens is 282 g/mol. The molecule has 1 aliphatic rings. The second-order valence-electron chi connectivity index (χ2n) is 4.78. The highest BCUT2D eigenvalue weighted by Gasteiger charge is 2.35. The van der Waals surface area contributed by atoms with Gasteiger partial charge in [0.2, 0.25) is 0 Å². The number of aromatic amines is 1. The van der Waals surface area contributed by atoms with Gasteiger partial charge >= 0.3 is 5.69 Å². The van der Waals surface area contributed by atoms with E-state index in [0.717, 1.165) is 0 Å². The Kier molecular flexibility index (Phi) is 5.26. The highest BCUT2D eigenvalue weighted by Crippen LogP contribution is 2.27. The van der Waals surface area contributed by atoms with Gasteiger partial charge in [0, 0.05) is 19.2 Å². The molecule has 1 saturated heterocycles. The minimum atomic E-state index is -0.865. The van der Waals surface area contributed by atoms with Crippen LogP contribution >= 0.6 is 0 Å². The molecule has 0 spiro atoms. The number of aliphatic hydroxyl groups excluding tert-OH is 2. The molecular formula is C12H19N3O6. The SMILES string of the molecule is NCCOCc1cn([C@@H]2CC(O)[C@H](CO)O2)c(=O)[nH]c1=O. The summed E-state index contributed by atoms with van der Waals surface area (Å²) in [5, 5.41) is 18.7. The zero-order valence-corrected chi connectivity index (χ0v) is 11.4. The summed E-state index contributed by atoms with van der Waals surface area (Å²) in [5.74, 6) is 0. The van der Waals surface area contributed by atoms with E-state index in [0.29, 0.717) is 13.2 Å². The van der Waals surface area contributed by atoms with Gasteiger partial charge in [0.25, 0.3) is 5.56 Å². The number of hydrogen-bond acceptors (Lipinski definition) is 7. The Morgan fingerprint density at radius 3 is 2.90 bits per heavy atom. The van der Waals surface area contributed by atoms with Crippen molar-refractivity contribution in [2.24, 2.45) is 5.73 Å². The highest BCUT2D eigenvalue weighted by molar-refractivity contribution is 5.04. The van der Waals surface area contributed by atoms with Crippen molar-refractivity contribution in [2.75, 3.05) is 19.8 Å². The van der Waals surface area contributed by atoms with Gasteiger partial charge in [0.05, 0.1) is 31.5 Å². The zero-order valence-electron chi connectivity index (χ0n) is 11.4. The van der Waals surface area contributed by atoms with Crippen molar-refractivity contribution < 1.29 is 19.7 Å². The number of aromatic nitrogens is 2. The van der Waals surface area contributed by atoms with Crippen LogP contribution in [-0.2, 0) is 16.1 Å². The molecule has 1 aliphatic heterocycles. The molecule has 5 N–H and O–H groups in total. The lowest BCUT2D eigenvalue weighted by molar-refractivity contribution is -0.0461. The van der Waals surface area contributed by atoms with E-state index >= 15 is 0 Å². The fraction of sp³-hybridized carbons (Fsp3) is 0.667. The van der Waals surface area contributed by atoms with Crippen LogP contribution in [0.4, 0.5) is 0 Å². The lowest BCUT2D eigenvalue weighted by Gasteiger charge is -2.15. The molecule has 0 amide bonds. The number of rotatable bonds is 6. The Hall–Kier alpha value is -1.52. The fourth-order valence-corrected chi connectivity index (χ4v) is 2.16. The quantitative estimate of drug-likeness (QED) is 0.431. The Balaban J connectivity index is 2.22. The van der Waals surface area contributed by atoms with Gasteiger partial charge in [0.1, 0.15) is 12.3 Å². The molecule has 0 bridgehead atoms. The average molecular weight is 301 g/mol. The molecule has 2 rings (SSSR count). The van der Waals surface area contributed by atoms with E-state index in [1.165, 1.54) is 10.8 Å². The van der Waals surface area contributed by atoms with Crippen LogP contribution in [0.15, 0.2) is 15.8 Å². The molecule has 21 heavy (non-hydrogen) atoms. The van der Waals surface area contributed by atoms with Crippen LogP contribution in [0.2, 0.25) is 0 Å². The molecule has 1 unspecified atom stereocenters. The summed E-state index contributed by atoms with van der Waals surface area (Å²) in [6.07, 6.45) is -0.856. The fourth-order valence-electron chi connectivity index (χ4n) is 2.16. The van der Waals surface area contributed by atoms with E-state index in [4.69, 9.17) is 20.3 Å². The molecule has 9 heteroatoms. The van der Waals surface area contributed by atoms with Crippen molar-refractivity contribution in [3.05, 3.63) is 32.6 Å². The van der Waals surface area contributed by atoms with E-state index < -0.39 is 29.7 Å². The molecule has 1 aromatic heterocycles. The molecule has 1 fully saturated rings. The number of H-pyrrole nitrogens is 1. The summed E-state index contributed by atoms with van der Waals surface area (Å²) in [6, 6.07) is 0. The normalized spacial score (nSPS) is 25.4. The van der Waals surface area contributed by atoms with Gasteiger partial charge in [-0.3, -0.25) is 14.3 Å². The van der Waals surface area contributed by atoms with Crippen molar-refractivity contribution in [3.63, 3.8) is 0 Å². The first-order valence-electron chi connectivity index (χ1n) is 6.63. The van der Waals surface area contributed by atoms with Crippen LogP contribution in [-0.4, -0.2) is 51.7 Å². The third-order valence-corrected chi connectivity index (χ3v) is 3.26. The van der Waals surface area contributed by atoms with Crippen molar-refractivity contribution in [3.8, 4) is 0 Å². The van der Waals surface area contributed by atoms with E-state index in [9.17, 15) is 14.7 Å². The third-order valence-electron chi connectivity index (χ3n) is 3.26. The predicted octanol–water partition coefficient (Wildman–Crippen LogP) is -2.35. The second-order valence-corrected chi connectivity index (χ2v) is 4.78. The molecule has 118 valence electrons. The Labute approximate surface area is 119 Å². The molecule has 0 saturated carbocycles. The monoisotopic (exact) mass is 301 g/mol. The van der Waals surface area contributed by atoms with Gasteiger partial charge in [-0.1, -0.05) is 0 Å². The predicted molar refractivity (Wildman–Crippen MR) is 71.7 cm³/mol. The average Bonchev–Trinajstić information content (AvgIpc) is 2.82. The van der Waals surface area contributed by atoms with Crippen molar-refractivity contribution in [2.45, 2.75) is 31.5 Å². The van der Waals surface area contributed by atoms with E-state index in [-0.39, 0.29) is 25.2 Å². The summed E-state index contributed by atoms with van der Waals surface area (Å²) in [7, 11) is 0. The lowest BCUT2D eigenvalue weighted by atomic mass is 10.2. The number of nitrogens with one attached hydrogen (secondary N) is 1. The van der Waals surface area contributed by atoms with Crippen molar-refractivity contribution in [1.82, 2.24) is 9.55 Å². The van der Waals surface area contributed by atoms with Gasteiger partial charge in [0.15, 0.2) is 0 Å². The molecule has 3 atom stereocenters. The van der Waals surface area contributed by atoms with E-state index in [1.54, 1.807) is 0 Å². The maximum atomic E-state index is 11.8. The standard InChI is InChI=1S/C12H19N3O6/c13-1-2-20-6-7-4-15(12(19)14-11(7)18)10-3-8(17)9(5-16)21-10/h4,8-10,16-17H,1-3,5-6,13H2,(H,14,18,19)/t8?,9-,10-/m0/s1. The number of nitrogens with zero attached hydrogens (tertiary/aromatic N) is 1. The van der Waals surface area contributed by atoms with Gasteiger partial charge in [-0.2, -0.15) is 0 Å². The Morgan fingerprint density at radius 2 is 2.29 bits per heavy atom. The topological polar surface area (TPSA) is 140 Å². The lowest BCUT2D eigenvalue weighted by Crippen LogP contribution is -2.34. The first-order chi connectivity index (χ1) is 10.1. The van der Waals surface area contributed by atoms with Crippen LogP contribution in [0.5, 0.6) is 0 Å². The van der Waals surface area contributed by atoms with E-state index in [2.05, 4.69) is 4.98 Å². The number of hydrogen-bond donors (Lipinski definition) is 4. The summed E-state index contributed by atoms with van der Waals surface area (Å²) >= 11 is 0. The molecule has 0 aromatic carbocycles. The van der Waals surface area contributed by atoms with Crippen LogP contribution in [0.3, 0.4) is 0 Å². The van der Waals surface area contributed by atoms with Gasteiger partial charge in [-0.25, -0.2) is 4.79 Å². The maximum Gasteiger partial charge on any atom is 0.330 e. The maximum absolute atomic E-state index is 11.8. The van der Waals surface area contributed by atoms with Crippen molar-refractivity contribution >= 4 is 0 Å². The first kappa shape index (κ1) is 15.9. The summed E-state index contributed by atoms with van der Waals surface area (Å²) in [6.45, 7) is 0.297. The van der Waals surface area contributed by atoms with Gasteiger partial charge in [-0.05, 0) is 0 Å². The summed E-state index contributed by atoms with van der Waals surface area (Å²) < 4.78 is 11.8. The smallest absolute Gasteiger partial charge is 0.330 e. The van der Waals surface area contributed by atoms with Gasteiger partial charge < -0.3 is 25.4 Å². The zero-order chi connectivity index (χ0) is 15.4. The Bertz CT molecular complexity index is 583. The number of ether oxygens (including phenoxy) is 2. The third kappa shape index (κ3) is 3.57. The molecule has 9 nitrogen and oxygen atoms in total. The summed E-state index contributed by atoms with van der Waals surface area (Å²) in [4.78, 5) is 25.7. The molecule has 1 aromatic rings. The van der Waals surface area contributed by atoms with E-state index in [1.807, 2.05) is 0 Å². The molecule has 0 aliphatic carbocycles. The van der Waals surface area contributed by atoms with Crippen LogP contribution in [0, 0.1) is 0 Å².